The van der Waals surface area contributed by atoms with E-state index in [1.807, 2.05) is 31.2 Å². The summed E-state index contributed by atoms with van der Waals surface area (Å²) in [6.45, 7) is 8.44. The Morgan fingerprint density at radius 3 is 2.74 bits per heavy atom. The van der Waals surface area contributed by atoms with Crippen LogP contribution in [0.25, 0.3) is 0 Å². The topological polar surface area (TPSA) is 79.8 Å². The summed E-state index contributed by atoms with van der Waals surface area (Å²) in [6, 6.07) is 7.86. The van der Waals surface area contributed by atoms with E-state index in [9.17, 15) is 4.79 Å². The number of nitrogens with zero attached hydrogens (tertiary/aromatic N) is 4. The summed E-state index contributed by atoms with van der Waals surface area (Å²) < 4.78 is 11.4. The van der Waals surface area contributed by atoms with Crippen molar-refractivity contribution in [1.29, 1.82) is 0 Å². The summed E-state index contributed by atoms with van der Waals surface area (Å²) in [7, 11) is 0. The van der Waals surface area contributed by atoms with Crippen molar-refractivity contribution in [1.82, 2.24) is 20.2 Å². The number of carbonyl (C=O) groups excluding carboxylic acids is 1. The van der Waals surface area contributed by atoms with Crippen molar-refractivity contribution in [2.45, 2.75) is 19.8 Å². The molecule has 0 spiro atoms. The van der Waals surface area contributed by atoms with Gasteiger partial charge in [-0.2, -0.15) is 0 Å². The van der Waals surface area contributed by atoms with E-state index in [2.05, 4.69) is 25.1 Å². The fraction of sp³-hybridized carbons (Fsp3) is 0.522. The van der Waals surface area contributed by atoms with Gasteiger partial charge in [0.25, 0.3) is 5.88 Å². The Bertz CT molecular complexity index is 855. The van der Waals surface area contributed by atoms with Gasteiger partial charge in [-0.1, -0.05) is 17.7 Å². The Labute approximate surface area is 183 Å². The second kappa shape index (κ2) is 10.5. The lowest BCUT2D eigenvalue weighted by molar-refractivity contribution is -0.125. The molecule has 1 unspecified atom stereocenters. The van der Waals surface area contributed by atoms with Crippen LogP contribution in [0.15, 0.2) is 36.7 Å². The average molecular weight is 426 g/mol. The fourth-order valence-corrected chi connectivity index (χ4v) is 4.01. The molecule has 166 valence electrons. The molecule has 0 bridgehead atoms. The Kier molecular flexibility index (Phi) is 7.32. The number of morpholine rings is 1. The number of hydrogen-bond acceptors (Lipinski definition) is 7. The number of carbonyl (C=O) groups is 1. The van der Waals surface area contributed by atoms with Gasteiger partial charge >= 0.3 is 0 Å². The molecule has 1 aromatic heterocycles. The molecule has 8 heteroatoms. The molecule has 8 nitrogen and oxygen atoms in total. The van der Waals surface area contributed by atoms with Crippen molar-refractivity contribution < 1.29 is 14.3 Å². The SMILES string of the molecule is Cc1ccc(Oc2nccnc2N2CCCC(C(=O)NCCN3CCOCC3)C2)cc1. The van der Waals surface area contributed by atoms with Gasteiger partial charge in [0.1, 0.15) is 5.75 Å². The Balaban J connectivity index is 1.34. The smallest absolute Gasteiger partial charge is 0.263 e. The first-order valence-electron chi connectivity index (χ1n) is 11.1. The summed E-state index contributed by atoms with van der Waals surface area (Å²) in [5, 5.41) is 3.12. The van der Waals surface area contributed by atoms with Crippen LogP contribution >= 0.6 is 0 Å². The van der Waals surface area contributed by atoms with Crippen LogP contribution in [0.2, 0.25) is 0 Å². The number of aromatic nitrogens is 2. The molecular weight excluding hydrogens is 394 g/mol. The Morgan fingerprint density at radius 2 is 1.94 bits per heavy atom. The molecule has 1 aromatic carbocycles. The minimum Gasteiger partial charge on any atom is -0.436 e. The predicted molar refractivity (Wildman–Crippen MR) is 118 cm³/mol. The molecule has 2 saturated heterocycles. The van der Waals surface area contributed by atoms with Crippen LogP contribution in [-0.4, -0.2) is 73.3 Å². The summed E-state index contributed by atoms with van der Waals surface area (Å²) in [4.78, 5) is 26.1. The molecule has 1 N–H and O–H groups in total. The molecule has 0 radical (unpaired) electrons. The second-order valence-corrected chi connectivity index (χ2v) is 8.13. The van der Waals surface area contributed by atoms with Crippen LogP contribution < -0.4 is 15.0 Å². The van der Waals surface area contributed by atoms with E-state index in [1.54, 1.807) is 12.4 Å². The number of hydrogen-bond donors (Lipinski definition) is 1. The van der Waals surface area contributed by atoms with E-state index in [4.69, 9.17) is 9.47 Å². The lowest BCUT2D eigenvalue weighted by Gasteiger charge is -2.33. The molecule has 31 heavy (non-hydrogen) atoms. The van der Waals surface area contributed by atoms with Gasteiger partial charge in [-0.3, -0.25) is 9.69 Å². The Morgan fingerprint density at radius 1 is 1.16 bits per heavy atom. The minimum absolute atomic E-state index is 0.0623. The van der Waals surface area contributed by atoms with E-state index in [0.29, 0.717) is 24.8 Å². The number of piperidine rings is 1. The largest absolute Gasteiger partial charge is 0.436 e. The van der Waals surface area contributed by atoms with Crippen LogP contribution in [0.4, 0.5) is 5.82 Å². The van der Waals surface area contributed by atoms with E-state index in [1.165, 1.54) is 5.56 Å². The number of amides is 1. The summed E-state index contributed by atoms with van der Waals surface area (Å²) >= 11 is 0. The van der Waals surface area contributed by atoms with Crippen molar-refractivity contribution in [3.05, 3.63) is 42.2 Å². The molecule has 4 rings (SSSR count). The van der Waals surface area contributed by atoms with Gasteiger partial charge in [-0.05, 0) is 31.9 Å². The van der Waals surface area contributed by atoms with E-state index >= 15 is 0 Å². The molecule has 2 aliphatic heterocycles. The highest BCUT2D eigenvalue weighted by molar-refractivity contribution is 5.79. The first-order chi connectivity index (χ1) is 15.2. The van der Waals surface area contributed by atoms with E-state index in [-0.39, 0.29) is 11.8 Å². The number of aryl methyl sites for hydroxylation is 1. The molecule has 1 amide bonds. The van der Waals surface area contributed by atoms with Crippen LogP contribution in [0.1, 0.15) is 18.4 Å². The molecule has 3 heterocycles. The Hall–Kier alpha value is -2.71. The van der Waals surface area contributed by atoms with Crippen molar-refractivity contribution in [2.24, 2.45) is 5.92 Å². The van der Waals surface area contributed by atoms with Crippen molar-refractivity contribution in [3.63, 3.8) is 0 Å². The first-order valence-corrected chi connectivity index (χ1v) is 11.1. The molecular formula is C23H31N5O3. The third-order valence-electron chi connectivity index (χ3n) is 5.80. The summed E-state index contributed by atoms with van der Waals surface area (Å²) in [6.07, 6.45) is 5.12. The first kappa shape index (κ1) is 21.5. The number of nitrogens with one attached hydrogen (secondary N) is 1. The van der Waals surface area contributed by atoms with Crippen LogP contribution in [0, 0.1) is 12.8 Å². The highest BCUT2D eigenvalue weighted by Gasteiger charge is 2.28. The zero-order valence-corrected chi connectivity index (χ0v) is 18.1. The normalized spacial score (nSPS) is 19.8. The number of anilines is 1. The second-order valence-electron chi connectivity index (χ2n) is 8.13. The van der Waals surface area contributed by atoms with E-state index < -0.39 is 0 Å². The van der Waals surface area contributed by atoms with Gasteiger partial charge in [0, 0.05) is 51.7 Å². The van der Waals surface area contributed by atoms with Crippen LogP contribution in [0.3, 0.4) is 0 Å². The third kappa shape index (κ3) is 5.92. The van der Waals surface area contributed by atoms with Gasteiger partial charge in [0.05, 0.1) is 19.1 Å². The zero-order valence-electron chi connectivity index (χ0n) is 18.1. The molecule has 2 aromatic rings. The molecule has 0 saturated carbocycles. The quantitative estimate of drug-likeness (QED) is 0.729. The number of ether oxygens (including phenoxy) is 2. The van der Waals surface area contributed by atoms with Crippen molar-refractivity contribution in [3.8, 4) is 11.6 Å². The lowest BCUT2D eigenvalue weighted by Crippen LogP contribution is -2.46. The highest BCUT2D eigenvalue weighted by Crippen LogP contribution is 2.31. The molecule has 2 fully saturated rings. The molecule has 2 aliphatic rings. The minimum atomic E-state index is -0.0623. The lowest BCUT2D eigenvalue weighted by atomic mass is 9.97. The predicted octanol–water partition coefficient (Wildman–Crippen LogP) is 2.24. The maximum Gasteiger partial charge on any atom is 0.263 e. The summed E-state index contributed by atoms with van der Waals surface area (Å²) in [5.41, 5.74) is 1.17. The summed E-state index contributed by atoms with van der Waals surface area (Å²) in [5.74, 6) is 1.94. The van der Waals surface area contributed by atoms with Gasteiger partial charge in [-0.15, -0.1) is 0 Å². The number of benzene rings is 1. The zero-order chi connectivity index (χ0) is 21.5. The van der Waals surface area contributed by atoms with Crippen molar-refractivity contribution in [2.75, 3.05) is 57.4 Å². The maximum absolute atomic E-state index is 12.8. The number of rotatable bonds is 7. The molecule has 0 aliphatic carbocycles. The van der Waals surface area contributed by atoms with Crippen LogP contribution in [0.5, 0.6) is 11.6 Å². The van der Waals surface area contributed by atoms with Gasteiger partial charge in [0.15, 0.2) is 5.82 Å². The van der Waals surface area contributed by atoms with Gasteiger partial charge in [-0.25, -0.2) is 9.97 Å². The fourth-order valence-electron chi connectivity index (χ4n) is 4.01. The van der Waals surface area contributed by atoms with Crippen molar-refractivity contribution >= 4 is 11.7 Å². The maximum atomic E-state index is 12.8. The standard InChI is InChI=1S/C23H31N5O3/c1-18-4-6-20(7-5-18)31-23-21(24-8-9-26-23)28-11-2-3-19(17-28)22(29)25-10-12-27-13-15-30-16-14-27/h4-9,19H,2-3,10-17H2,1H3,(H,25,29). The monoisotopic (exact) mass is 425 g/mol. The highest BCUT2D eigenvalue weighted by atomic mass is 16.5. The average Bonchev–Trinajstić information content (AvgIpc) is 2.82. The molecule has 1 atom stereocenters. The third-order valence-corrected chi connectivity index (χ3v) is 5.80. The van der Waals surface area contributed by atoms with E-state index in [0.717, 1.165) is 58.0 Å². The van der Waals surface area contributed by atoms with Gasteiger partial charge in [0.2, 0.25) is 5.91 Å². The van der Waals surface area contributed by atoms with Crippen LogP contribution in [-0.2, 0) is 9.53 Å². The van der Waals surface area contributed by atoms with Gasteiger partial charge < -0.3 is 19.7 Å².